The fraction of sp³-hybridized carbons (Fsp3) is 0.471. The van der Waals surface area contributed by atoms with Crippen molar-refractivity contribution in [1.82, 2.24) is 20.1 Å². The van der Waals surface area contributed by atoms with E-state index in [0.717, 1.165) is 36.5 Å². The molecule has 1 aromatic heterocycles. The van der Waals surface area contributed by atoms with Gasteiger partial charge in [-0.15, -0.1) is 0 Å². The fourth-order valence-corrected chi connectivity index (χ4v) is 2.90. The summed E-state index contributed by atoms with van der Waals surface area (Å²) in [6.07, 6.45) is 2.11. The topological polar surface area (TPSA) is 83.1 Å². The monoisotopic (exact) mass is 329 g/mol. The molecular weight excluding hydrogens is 306 g/mol. The first-order chi connectivity index (χ1) is 11.7. The molecule has 3 rings (SSSR count). The number of carbonyl (C=O) groups is 1. The summed E-state index contributed by atoms with van der Waals surface area (Å²) in [6.45, 7) is 5.91. The molecule has 0 bridgehead atoms. The Balaban J connectivity index is 1.66. The second-order valence-electron chi connectivity index (χ2n) is 5.92. The third-order valence-corrected chi connectivity index (χ3v) is 4.04. The van der Waals surface area contributed by atoms with Gasteiger partial charge in [0.05, 0.1) is 6.10 Å². The van der Waals surface area contributed by atoms with Gasteiger partial charge in [-0.2, -0.15) is 5.10 Å². The first-order valence-electron chi connectivity index (χ1n) is 8.32. The van der Waals surface area contributed by atoms with Crippen LogP contribution in [-0.2, 0) is 4.74 Å². The Labute approximate surface area is 141 Å². The summed E-state index contributed by atoms with van der Waals surface area (Å²) in [5.74, 6) is 1.38. The van der Waals surface area contributed by atoms with Crippen molar-refractivity contribution in [3.05, 3.63) is 30.1 Å². The lowest BCUT2D eigenvalue weighted by molar-refractivity contribution is 0.0181. The number of nitrogens with one attached hydrogen (secondary N) is 2. The highest BCUT2D eigenvalue weighted by atomic mass is 16.5. The number of carbonyl (C=O) groups excluding carboxylic acids is 1. The van der Waals surface area contributed by atoms with Gasteiger partial charge in [0.1, 0.15) is 5.82 Å². The average Bonchev–Trinajstić information content (AvgIpc) is 3.02. The number of H-pyrrole nitrogens is 1. The van der Waals surface area contributed by atoms with Gasteiger partial charge in [0, 0.05) is 30.9 Å². The van der Waals surface area contributed by atoms with Crippen LogP contribution in [0.25, 0.3) is 11.4 Å². The predicted octanol–water partition coefficient (Wildman–Crippen LogP) is 2.81. The van der Waals surface area contributed by atoms with E-state index in [1.807, 2.05) is 43.0 Å². The minimum Gasteiger partial charge on any atom is -0.377 e. The van der Waals surface area contributed by atoms with E-state index in [9.17, 15) is 4.79 Å². The molecule has 2 heterocycles. The Hall–Kier alpha value is -2.41. The van der Waals surface area contributed by atoms with Crippen molar-refractivity contribution < 1.29 is 9.53 Å². The van der Waals surface area contributed by atoms with Crippen molar-refractivity contribution in [2.24, 2.45) is 0 Å². The molecule has 1 aliphatic heterocycles. The number of aryl methyl sites for hydroxylation is 1. The molecule has 24 heavy (non-hydrogen) atoms. The van der Waals surface area contributed by atoms with Gasteiger partial charge in [0.25, 0.3) is 0 Å². The van der Waals surface area contributed by atoms with Gasteiger partial charge < -0.3 is 15.0 Å². The number of benzene rings is 1. The molecule has 0 spiro atoms. The van der Waals surface area contributed by atoms with Crippen LogP contribution in [-0.4, -0.2) is 51.9 Å². The predicted molar refractivity (Wildman–Crippen MR) is 91.8 cm³/mol. The van der Waals surface area contributed by atoms with Crippen molar-refractivity contribution in [1.29, 1.82) is 0 Å². The number of ether oxygens (including phenoxy) is 1. The highest BCUT2D eigenvalue weighted by Gasteiger charge is 2.23. The summed E-state index contributed by atoms with van der Waals surface area (Å²) in [6, 6.07) is 7.46. The zero-order chi connectivity index (χ0) is 16.9. The number of hydrogen-bond acceptors (Lipinski definition) is 4. The lowest BCUT2D eigenvalue weighted by Crippen LogP contribution is -2.45. The second kappa shape index (κ2) is 7.44. The molecule has 1 atom stereocenters. The lowest BCUT2D eigenvalue weighted by Gasteiger charge is -2.32. The fourth-order valence-electron chi connectivity index (χ4n) is 2.90. The molecule has 7 nitrogen and oxygen atoms in total. The van der Waals surface area contributed by atoms with Gasteiger partial charge in [0.15, 0.2) is 5.82 Å². The van der Waals surface area contributed by atoms with Crippen LogP contribution >= 0.6 is 0 Å². The number of aromatic amines is 1. The Bertz CT molecular complexity index is 698. The standard InChI is InChI=1S/C17H23N5O2/c1-3-24-15-8-5-9-22(11-15)17(23)19-14-7-4-6-13(10-14)16-18-12(2)20-21-16/h4,6-7,10,15H,3,5,8-9,11H2,1-2H3,(H,19,23)(H,18,20,21)/t15-/m1/s1. The molecule has 1 aromatic carbocycles. The molecule has 0 saturated carbocycles. The summed E-state index contributed by atoms with van der Waals surface area (Å²) in [5.41, 5.74) is 1.60. The van der Waals surface area contributed by atoms with Crippen LogP contribution in [0.1, 0.15) is 25.6 Å². The number of amides is 2. The number of anilines is 1. The van der Waals surface area contributed by atoms with Crippen LogP contribution in [0.15, 0.2) is 24.3 Å². The number of nitrogens with zero attached hydrogens (tertiary/aromatic N) is 3. The van der Waals surface area contributed by atoms with Crippen molar-refractivity contribution in [3.63, 3.8) is 0 Å². The van der Waals surface area contributed by atoms with Gasteiger partial charge in [-0.3, -0.25) is 5.10 Å². The molecule has 7 heteroatoms. The van der Waals surface area contributed by atoms with E-state index in [1.165, 1.54) is 0 Å². The van der Waals surface area contributed by atoms with Gasteiger partial charge >= 0.3 is 6.03 Å². The molecule has 0 unspecified atom stereocenters. The highest BCUT2D eigenvalue weighted by Crippen LogP contribution is 2.20. The maximum Gasteiger partial charge on any atom is 0.321 e. The van der Waals surface area contributed by atoms with Crippen LogP contribution in [0.3, 0.4) is 0 Å². The smallest absolute Gasteiger partial charge is 0.321 e. The van der Waals surface area contributed by atoms with E-state index in [0.29, 0.717) is 19.0 Å². The number of rotatable bonds is 4. The van der Waals surface area contributed by atoms with Crippen molar-refractivity contribution in [2.45, 2.75) is 32.8 Å². The third-order valence-electron chi connectivity index (χ3n) is 4.04. The van der Waals surface area contributed by atoms with E-state index in [4.69, 9.17) is 4.74 Å². The second-order valence-corrected chi connectivity index (χ2v) is 5.92. The number of urea groups is 1. The molecule has 2 N–H and O–H groups in total. The molecule has 128 valence electrons. The summed E-state index contributed by atoms with van der Waals surface area (Å²) in [4.78, 5) is 18.6. The SMILES string of the molecule is CCO[C@@H]1CCCN(C(=O)Nc2cccc(-c3n[nH]c(C)n3)c2)C1. The summed E-state index contributed by atoms with van der Waals surface area (Å²) < 4.78 is 5.65. The van der Waals surface area contributed by atoms with Crippen molar-refractivity contribution in [2.75, 3.05) is 25.0 Å². The number of aromatic nitrogens is 3. The quantitative estimate of drug-likeness (QED) is 0.903. The maximum atomic E-state index is 12.5. The third kappa shape index (κ3) is 3.91. The van der Waals surface area contributed by atoms with Gasteiger partial charge in [-0.05, 0) is 38.8 Å². The molecule has 1 aliphatic rings. The number of hydrogen-bond donors (Lipinski definition) is 2. The van der Waals surface area contributed by atoms with E-state index in [1.54, 1.807) is 0 Å². The molecule has 0 aliphatic carbocycles. The highest BCUT2D eigenvalue weighted by molar-refractivity contribution is 5.90. The van der Waals surface area contributed by atoms with Crippen LogP contribution in [0.5, 0.6) is 0 Å². The maximum absolute atomic E-state index is 12.5. The lowest BCUT2D eigenvalue weighted by atomic mass is 10.1. The number of likely N-dealkylation sites (tertiary alicyclic amines) is 1. The van der Waals surface area contributed by atoms with Crippen LogP contribution < -0.4 is 5.32 Å². The summed E-state index contributed by atoms with van der Waals surface area (Å²) in [7, 11) is 0. The van der Waals surface area contributed by atoms with Gasteiger partial charge in [0.2, 0.25) is 0 Å². The number of piperidine rings is 1. The first-order valence-corrected chi connectivity index (χ1v) is 8.32. The molecular formula is C17H23N5O2. The summed E-state index contributed by atoms with van der Waals surface area (Å²) in [5, 5.41) is 9.93. The Morgan fingerprint density at radius 3 is 3.12 bits per heavy atom. The molecule has 2 aromatic rings. The zero-order valence-electron chi connectivity index (χ0n) is 14.1. The van der Waals surface area contributed by atoms with E-state index in [2.05, 4.69) is 20.5 Å². The average molecular weight is 329 g/mol. The molecule has 1 saturated heterocycles. The van der Waals surface area contributed by atoms with E-state index < -0.39 is 0 Å². The molecule has 1 fully saturated rings. The normalized spacial score (nSPS) is 17.8. The first kappa shape index (κ1) is 16.4. The largest absolute Gasteiger partial charge is 0.377 e. The van der Waals surface area contributed by atoms with Gasteiger partial charge in [-0.1, -0.05) is 12.1 Å². The van der Waals surface area contributed by atoms with Crippen LogP contribution in [0.4, 0.5) is 10.5 Å². The minimum atomic E-state index is -0.0947. The Morgan fingerprint density at radius 2 is 2.38 bits per heavy atom. The van der Waals surface area contributed by atoms with E-state index >= 15 is 0 Å². The Morgan fingerprint density at radius 1 is 1.50 bits per heavy atom. The van der Waals surface area contributed by atoms with Crippen molar-refractivity contribution in [3.8, 4) is 11.4 Å². The van der Waals surface area contributed by atoms with Crippen LogP contribution in [0, 0.1) is 6.92 Å². The zero-order valence-corrected chi connectivity index (χ0v) is 14.1. The van der Waals surface area contributed by atoms with Crippen LogP contribution in [0.2, 0.25) is 0 Å². The van der Waals surface area contributed by atoms with Gasteiger partial charge in [-0.25, -0.2) is 9.78 Å². The Kier molecular flexibility index (Phi) is 5.10. The van der Waals surface area contributed by atoms with Crippen molar-refractivity contribution >= 4 is 11.7 Å². The summed E-state index contributed by atoms with van der Waals surface area (Å²) >= 11 is 0. The van der Waals surface area contributed by atoms with E-state index in [-0.39, 0.29) is 12.1 Å². The minimum absolute atomic E-state index is 0.0947. The molecule has 2 amide bonds. The molecule has 0 radical (unpaired) electrons.